The van der Waals surface area contributed by atoms with E-state index in [1.54, 1.807) is 24.1 Å². The summed E-state index contributed by atoms with van der Waals surface area (Å²) in [6.45, 7) is 6.91. The normalized spacial score (nSPS) is 11.3. The molecule has 0 aliphatic carbocycles. The number of hydrogen-bond donors (Lipinski definition) is 0. The summed E-state index contributed by atoms with van der Waals surface area (Å²) in [5.41, 5.74) is 0.830. The molecule has 16 heavy (non-hydrogen) atoms. The molecule has 3 heteroatoms. The Labute approximate surface area is 96.1 Å². The van der Waals surface area contributed by atoms with E-state index in [2.05, 4.69) is 20.8 Å². The van der Waals surface area contributed by atoms with Gasteiger partial charge in [-0.3, -0.25) is 4.79 Å². The number of para-hydroxylation sites is 1. The van der Waals surface area contributed by atoms with Crippen LogP contribution in [0, 0.1) is 11.2 Å². The van der Waals surface area contributed by atoms with E-state index in [9.17, 15) is 9.18 Å². The zero-order chi connectivity index (χ0) is 12.3. The molecule has 0 amide bonds. The molecular formula is C13H18FNO. The molecule has 2 nitrogen and oxygen atoms in total. The average molecular weight is 223 g/mol. The number of carbonyl (C=O) groups is 1. The van der Waals surface area contributed by atoms with Crippen LogP contribution in [0.5, 0.6) is 0 Å². The first-order chi connectivity index (χ1) is 7.35. The number of aldehydes is 1. The Kier molecular flexibility index (Phi) is 3.68. The van der Waals surface area contributed by atoms with Gasteiger partial charge in [-0.15, -0.1) is 0 Å². The van der Waals surface area contributed by atoms with Gasteiger partial charge in [-0.1, -0.05) is 26.8 Å². The second-order valence-electron chi connectivity index (χ2n) is 5.21. The van der Waals surface area contributed by atoms with Crippen LogP contribution in [0.1, 0.15) is 31.1 Å². The van der Waals surface area contributed by atoms with Crippen molar-refractivity contribution in [1.29, 1.82) is 0 Å². The van der Waals surface area contributed by atoms with Crippen molar-refractivity contribution in [3.05, 3.63) is 29.6 Å². The lowest BCUT2D eigenvalue weighted by Gasteiger charge is -2.29. The molecule has 0 spiro atoms. The predicted molar refractivity (Wildman–Crippen MR) is 64.5 cm³/mol. The van der Waals surface area contributed by atoms with Crippen molar-refractivity contribution in [1.82, 2.24) is 0 Å². The highest BCUT2D eigenvalue weighted by Crippen LogP contribution is 2.25. The highest BCUT2D eigenvalue weighted by Gasteiger charge is 2.18. The fourth-order valence-electron chi connectivity index (χ4n) is 1.82. The smallest absolute Gasteiger partial charge is 0.152 e. The summed E-state index contributed by atoms with van der Waals surface area (Å²) in [7, 11) is 1.80. The van der Waals surface area contributed by atoms with E-state index in [1.807, 2.05) is 0 Å². The maximum Gasteiger partial charge on any atom is 0.152 e. The molecule has 0 aromatic heterocycles. The number of rotatable bonds is 3. The molecule has 0 radical (unpaired) electrons. The molecule has 0 heterocycles. The third kappa shape index (κ3) is 3.05. The van der Waals surface area contributed by atoms with Crippen LogP contribution in [0.4, 0.5) is 10.1 Å². The summed E-state index contributed by atoms with van der Waals surface area (Å²) in [4.78, 5) is 12.6. The molecule has 0 N–H and O–H groups in total. The monoisotopic (exact) mass is 223 g/mol. The van der Waals surface area contributed by atoms with Gasteiger partial charge in [0.2, 0.25) is 0 Å². The number of halogens is 1. The molecule has 88 valence electrons. The van der Waals surface area contributed by atoms with Gasteiger partial charge in [0.25, 0.3) is 0 Å². The summed E-state index contributed by atoms with van der Waals surface area (Å²) >= 11 is 0. The summed E-state index contributed by atoms with van der Waals surface area (Å²) < 4.78 is 13.7. The van der Waals surface area contributed by atoms with Gasteiger partial charge in [0.1, 0.15) is 5.82 Å². The summed E-state index contributed by atoms with van der Waals surface area (Å²) in [5.74, 6) is -0.351. The summed E-state index contributed by atoms with van der Waals surface area (Å²) in [5, 5.41) is 0. The zero-order valence-electron chi connectivity index (χ0n) is 10.2. The molecule has 0 atom stereocenters. The quantitative estimate of drug-likeness (QED) is 0.734. The van der Waals surface area contributed by atoms with Crippen LogP contribution in [-0.4, -0.2) is 19.9 Å². The van der Waals surface area contributed by atoms with E-state index in [1.165, 1.54) is 6.07 Å². The van der Waals surface area contributed by atoms with Crippen molar-refractivity contribution in [2.75, 3.05) is 18.5 Å². The van der Waals surface area contributed by atoms with E-state index < -0.39 is 0 Å². The van der Waals surface area contributed by atoms with Crippen LogP contribution >= 0.6 is 0 Å². The van der Waals surface area contributed by atoms with Gasteiger partial charge in [0, 0.05) is 19.2 Å². The highest BCUT2D eigenvalue weighted by atomic mass is 19.1. The molecule has 0 saturated heterocycles. The third-order valence-electron chi connectivity index (χ3n) is 2.24. The molecule has 0 saturated carbocycles. The minimum absolute atomic E-state index is 0.0528. The topological polar surface area (TPSA) is 20.3 Å². The molecule has 0 aliphatic rings. The van der Waals surface area contributed by atoms with Crippen LogP contribution in [0.15, 0.2) is 18.2 Å². The molecule has 0 aliphatic heterocycles. The fourth-order valence-corrected chi connectivity index (χ4v) is 1.82. The van der Waals surface area contributed by atoms with Crippen molar-refractivity contribution in [2.45, 2.75) is 20.8 Å². The largest absolute Gasteiger partial charge is 0.371 e. The Morgan fingerprint density at radius 1 is 1.38 bits per heavy atom. The lowest BCUT2D eigenvalue weighted by Crippen LogP contribution is -2.30. The summed E-state index contributed by atoms with van der Waals surface area (Å²) in [6.07, 6.45) is 0.692. The molecule has 1 aromatic carbocycles. The van der Waals surface area contributed by atoms with Gasteiger partial charge < -0.3 is 4.90 Å². The number of hydrogen-bond acceptors (Lipinski definition) is 2. The van der Waals surface area contributed by atoms with E-state index in [4.69, 9.17) is 0 Å². The van der Waals surface area contributed by atoms with E-state index in [-0.39, 0.29) is 11.2 Å². The van der Waals surface area contributed by atoms with Crippen LogP contribution < -0.4 is 4.90 Å². The highest BCUT2D eigenvalue weighted by molar-refractivity contribution is 5.84. The lowest BCUT2D eigenvalue weighted by molar-refractivity contribution is 0.112. The first kappa shape index (κ1) is 12.7. The van der Waals surface area contributed by atoms with Gasteiger partial charge in [-0.25, -0.2) is 4.39 Å². The summed E-state index contributed by atoms with van der Waals surface area (Å²) in [6, 6.07) is 4.56. The zero-order valence-corrected chi connectivity index (χ0v) is 10.2. The van der Waals surface area contributed by atoms with Crippen molar-refractivity contribution < 1.29 is 9.18 Å². The Balaban J connectivity index is 3.07. The van der Waals surface area contributed by atoms with Crippen LogP contribution in [0.3, 0.4) is 0 Å². The van der Waals surface area contributed by atoms with Crippen molar-refractivity contribution in [2.24, 2.45) is 5.41 Å². The second kappa shape index (κ2) is 4.64. The van der Waals surface area contributed by atoms with Gasteiger partial charge in [-0.05, 0) is 17.5 Å². The van der Waals surface area contributed by atoms with E-state index in [0.717, 1.165) is 0 Å². The molecular weight excluding hydrogens is 205 g/mol. The van der Waals surface area contributed by atoms with Gasteiger partial charge in [0.05, 0.1) is 5.69 Å². The van der Waals surface area contributed by atoms with Gasteiger partial charge >= 0.3 is 0 Å². The van der Waals surface area contributed by atoms with Gasteiger partial charge in [-0.2, -0.15) is 0 Å². The van der Waals surface area contributed by atoms with Gasteiger partial charge in [0.15, 0.2) is 6.29 Å². The first-order valence-corrected chi connectivity index (χ1v) is 5.30. The van der Waals surface area contributed by atoms with Crippen molar-refractivity contribution in [3.63, 3.8) is 0 Å². The second-order valence-corrected chi connectivity index (χ2v) is 5.21. The SMILES string of the molecule is CN(CC(C)(C)C)c1c(F)cccc1C=O. The number of nitrogens with zero attached hydrogens (tertiary/aromatic N) is 1. The molecule has 0 unspecified atom stereocenters. The molecule has 0 fully saturated rings. The minimum Gasteiger partial charge on any atom is -0.371 e. The number of benzene rings is 1. The maximum atomic E-state index is 13.7. The average Bonchev–Trinajstić information content (AvgIpc) is 2.14. The van der Waals surface area contributed by atoms with Crippen molar-refractivity contribution in [3.8, 4) is 0 Å². The Morgan fingerprint density at radius 2 is 2.00 bits per heavy atom. The van der Waals surface area contributed by atoms with Crippen LogP contribution in [0.25, 0.3) is 0 Å². The number of carbonyl (C=O) groups excluding carboxylic acids is 1. The van der Waals surface area contributed by atoms with E-state index >= 15 is 0 Å². The van der Waals surface area contributed by atoms with Crippen LogP contribution in [0.2, 0.25) is 0 Å². The third-order valence-corrected chi connectivity index (χ3v) is 2.24. The maximum absolute atomic E-state index is 13.7. The standard InChI is InChI=1S/C13H18FNO/c1-13(2,3)9-15(4)12-10(8-16)6-5-7-11(12)14/h5-8H,9H2,1-4H3. The van der Waals surface area contributed by atoms with Crippen LogP contribution in [-0.2, 0) is 0 Å². The Morgan fingerprint density at radius 3 is 2.50 bits per heavy atom. The Bertz CT molecular complexity index is 382. The Hall–Kier alpha value is -1.38. The minimum atomic E-state index is -0.351. The number of anilines is 1. The molecule has 0 bridgehead atoms. The molecule has 1 rings (SSSR count). The van der Waals surface area contributed by atoms with E-state index in [0.29, 0.717) is 24.1 Å². The van der Waals surface area contributed by atoms with Crippen molar-refractivity contribution >= 4 is 12.0 Å². The predicted octanol–water partition coefficient (Wildman–Crippen LogP) is 3.12. The first-order valence-electron chi connectivity index (χ1n) is 5.30. The fraction of sp³-hybridized carbons (Fsp3) is 0.462. The molecule has 1 aromatic rings. The lowest BCUT2D eigenvalue weighted by atomic mass is 9.95.